The molecule has 3 nitrogen and oxygen atoms in total. The van der Waals surface area contributed by atoms with Gasteiger partial charge in [0.05, 0.1) is 18.8 Å². The van der Waals surface area contributed by atoms with Crippen molar-refractivity contribution in [3.05, 3.63) is 0 Å². The Morgan fingerprint density at radius 1 is 1.50 bits per heavy atom. The normalized spacial score (nSPS) is 16.0. The van der Waals surface area contributed by atoms with Crippen LogP contribution in [0.2, 0.25) is 0 Å². The first kappa shape index (κ1) is 11.9. The van der Waals surface area contributed by atoms with Gasteiger partial charge in [-0.3, -0.25) is 0 Å². The van der Waals surface area contributed by atoms with Crippen LogP contribution in [-0.4, -0.2) is 37.5 Å². The fourth-order valence-corrected chi connectivity index (χ4v) is 1.03. The maximum absolute atomic E-state index is 8.61. The molecule has 0 aromatic heterocycles. The van der Waals surface area contributed by atoms with E-state index in [0.717, 1.165) is 19.4 Å². The molecule has 0 rings (SSSR count). The lowest BCUT2D eigenvalue weighted by molar-refractivity contribution is -0.0525. The average molecular weight is 175 g/mol. The lowest BCUT2D eigenvalue weighted by Gasteiger charge is -2.28. The summed E-state index contributed by atoms with van der Waals surface area (Å²) in [6.07, 6.45) is 1.97. The van der Waals surface area contributed by atoms with Crippen LogP contribution in [0.5, 0.6) is 0 Å². The topological polar surface area (TPSA) is 41.5 Å². The first-order chi connectivity index (χ1) is 5.68. The molecule has 2 N–H and O–H groups in total. The monoisotopic (exact) mass is 175 g/mol. The van der Waals surface area contributed by atoms with Crippen LogP contribution in [0.1, 0.15) is 26.7 Å². The highest BCUT2D eigenvalue weighted by Gasteiger charge is 2.21. The van der Waals surface area contributed by atoms with Gasteiger partial charge in [-0.1, -0.05) is 6.92 Å². The molecule has 1 atom stereocenters. The summed E-state index contributed by atoms with van der Waals surface area (Å²) >= 11 is 0. The van der Waals surface area contributed by atoms with E-state index < -0.39 is 0 Å². The standard InChI is InChI=1S/C9H21NO2/c1-4-9(2,5-6-10-3)12-8-7-11/h10-11H,4-8H2,1-3H3. The molecule has 1 unspecified atom stereocenters. The summed E-state index contributed by atoms with van der Waals surface area (Å²) in [5.41, 5.74) is -0.0776. The minimum atomic E-state index is -0.0776. The van der Waals surface area contributed by atoms with E-state index in [1.807, 2.05) is 7.05 Å². The van der Waals surface area contributed by atoms with Crippen LogP contribution in [0, 0.1) is 0 Å². The highest BCUT2D eigenvalue weighted by Crippen LogP contribution is 2.18. The van der Waals surface area contributed by atoms with E-state index in [2.05, 4.69) is 19.2 Å². The maximum atomic E-state index is 8.61. The van der Waals surface area contributed by atoms with Crippen molar-refractivity contribution in [1.82, 2.24) is 5.32 Å². The zero-order chi connectivity index (χ0) is 9.45. The van der Waals surface area contributed by atoms with Crippen LogP contribution in [0.4, 0.5) is 0 Å². The van der Waals surface area contributed by atoms with Crippen LogP contribution in [-0.2, 0) is 4.74 Å². The molecule has 0 aromatic carbocycles. The number of aliphatic hydroxyl groups excluding tert-OH is 1. The Labute approximate surface area is 75.1 Å². The van der Waals surface area contributed by atoms with Gasteiger partial charge in [0.25, 0.3) is 0 Å². The van der Waals surface area contributed by atoms with E-state index in [1.54, 1.807) is 0 Å². The Balaban J connectivity index is 3.70. The Hall–Kier alpha value is -0.120. The lowest BCUT2D eigenvalue weighted by atomic mass is 9.99. The van der Waals surface area contributed by atoms with Crippen molar-refractivity contribution in [2.45, 2.75) is 32.3 Å². The molecular weight excluding hydrogens is 154 g/mol. The highest BCUT2D eigenvalue weighted by molar-refractivity contribution is 4.73. The molecule has 0 aliphatic carbocycles. The van der Waals surface area contributed by atoms with Crippen LogP contribution >= 0.6 is 0 Å². The van der Waals surface area contributed by atoms with Crippen LogP contribution in [0.3, 0.4) is 0 Å². The molecule has 0 bridgehead atoms. The van der Waals surface area contributed by atoms with Gasteiger partial charge in [0.15, 0.2) is 0 Å². The molecule has 0 aliphatic rings. The van der Waals surface area contributed by atoms with Gasteiger partial charge >= 0.3 is 0 Å². The molecular formula is C9H21NO2. The van der Waals surface area contributed by atoms with E-state index in [4.69, 9.17) is 9.84 Å². The Morgan fingerprint density at radius 3 is 2.58 bits per heavy atom. The van der Waals surface area contributed by atoms with E-state index in [1.165, 1.54) is 0 Å². The summed E-state index contributed by atoms with van der Waals surface area (Å²) in [4.78, 5) is 0. The van der Waals surface area contributed by atoms with Crippen LogP contribution in [0.25, 0.3) is 0 Å². The lowest BCUT2D eigenvalue weighted by Crippen LogP contribution is -2.32. The first-order valence-corrected chi connectivity index (χ1v) is 4.58. The SMILES string of the molecule is CCC(C)(CCNC)OCCO. The predicted octanol–water partition coefficient (Wildman–Crippen LogP) is 0.774. The van der Waals surface area contributed by atoms with Gasteiger partial charge in [-0.2, -0.15) is 0 Å². The fraction of sp³-hybridized carbons (Fsp3) is 1.00. The van der Waals surface area contributed by atoms with Gasteiger partial charge in [0.1, 0.15) is 0 Å². The van der Waals surface area contributed by atoms with Gasteiger partial charge in [0.2, 0.25) is 0 Å². The molecule has 0 aromatic rings. The minimum absolute atomic E-state index is 0.0776. The third-order valence-electron chi connectivity index (χ3n) is 2.19. The summed E-state index contributed by atoms with van der Waals surface area (Å²) < 4.78 is 5.54. The molecule has 0 amide bonds. The van der Waals surface area contributed by atoms with E-state index in [9.17, 15) is 0 Å². The first-order valence-electron chi connectivity index (χ1n) is 4.58. The predicted molar refractivity (Wildman–Crippen MR) is 50.3 cm³/mol. The van der Waals surface area contributed by atoms with Gasteiger partial charge in [-0.25, -0.2) is 0 Å². The zero-order valence-electron chi connectivity index (χ0n) is 8.39. The number of nitrogens with one attached hydrogen (secondary N) is 1. The summed E-state index contributed by atoms with van der Waals surface area (Å²) in [5.74, 6) is 0. The van der Waals surface area contributed by atoms with Gasteiger partial charge < -0.3 is 15.2 Å². The smallest absolute Gasteiger partial charge is 0.0705 e. The minimum Gasteiger partial charge on any atom is -0.394 e. The molecule has 0 saturated heterocycles. The molecule has 0 fully saturated rings. The fourth-order valence-electron chi connectivity index (χ4n) is 1.03. The third-order valence-corrected chi connectivity index (χ3v) is 2.19. The van der Waals surface area contributed by atoms with Gasteiger partial charge in [0, 0.05) is 0 Å². The van der Waals surface area contributed by atoms with Crippen LogP contribution < -0.4 is 5.32 Å². The number of hydrogen-bond donors (Lipinski definition) is 2. The van der Waals surface area contributed by atoms with Crippen molar-refractivity contribution in [3.8, 4) is 0 Å². The van der Waals surface area contributed by atoms with Crippen molar-refractivity contribution in [3.63, 3.8) is 0 Å². The molecule has 0 saturated carbocycles. The molecule has 0 spiro atoms. The van der Waals surface area contributed by atoms with Gasteiger partial charge in [-0.15, -0.1) is 0 Å². The Bertz CT molecular complexity index is 98.7. The number of rotatable bonds is 7. The maximum Gasteiger partial charge on any atom is 0.0705 e. The van der Waals surface area contributed by atoms with Gasteiger partial charge in [-0.05, 0) is 33.4 Å². The summed E-state index contributed by atoms with van der Waals surface area (Å²) in [6.45, 7) is 5.69. The number of ether oxygens (including phenoxy) is 1. The molecule has 3 heteroatoms. The van der Waals surface area contributed by atoms with E-state index in [0.29, 0.717) is 6.61 Å². The van der Waals surface area contributed by atoms with Crippen molar-refractivity contribution in [1.29, 1.82) is 0 Å². The second kappa shape index (κ2) is 6.40. The second-order valence-electron chi connectivity index (χ2n) is 3.23. The summed E-state index contributed by atoms with van der Waals surface area (Å²) in [7, 11) is 1.93. The highest BCUT2D eigenvalue weighted by atomic mass is 16.5. The largest absolute Gasteiger partial charge is 0.394 e. The average Bonchev–Trinajstić information content (AvgIpc) is 2.11. The second-order valence-corrected chi connectivity index (χ2v) is 3.23. The zero-order valence-corrected chi connectivity index (χ0v) is 8.39. The van der Waals surface area contributed by atoms with Crippen molar-refractivity contribution in [2.75, 3.05) is 26.8 Å². The number of hydrogen-bond acceptors (Lipinski definition) is 3. The molecule has 0 radical (unpaired) electrons. The van der Waals surface area contributed by atoms with Crippen molar-refractivity contribution < 1.29 is 9.84 Å². The third kappa shape index (κ3) is 4.70. The van der Waals surface area contributed by atoms with E-state index in [-0.39, 0.29) is 12.2 Å². The molecule has 74 valence electrons. The molecule has 0 heterocycles. The molecule has 0 aliphatic heterocycles. The van der Waals surface area contributed by atoms with Crippen LogP contribution in [0.15, 0.2) is 0 Å². The number of aliphatic hydroxyl groups is 1. The van der Waals surface area contributed by atoms with E-state index >= 15 is 0 Å². The summed E-state index contributed by atoms with van der Waals surface area (Å²) in [5, 5.41) is 11.7. The van der Waals surface area contributed by atoms with Crippen molar-refractivity contribution >= 4 is 0 Å². The quantitative estimate of drug-likeness (QED) is 0.600. The molecule has 12 heavy (non-hydrogen) atoms. The summed E-state index contributed by atoms with van der Waals surface area (Å²) in [6, 6.07) is 0. The van der Waals surface area contributed by atoms with Crippen molar-refractivity contribution in [2.24, 2.45) is 0 Å². The Morgan fingerprint density at radius 2 is 2.17 bits per heavy atom. The Kier molecular flexibility index (Phi) is 6.34.